The van der Waals surface area contributed by atoms with E-state index in [-0.39, 0.29) is 22.7 Å². The molecule has 3 N–H and O–H groups in total. The number of fused-ring (bicyclic) bond motifs is 1. The minimum absolute atomic E-state index is 0.0518. The second kappa shape index (κ2) is 10.9. The molecule has 1 unspecified atom stereocenters. The molecule has 4 aromatic rings. The smallest absolute Gasteiger partial charge is 0.336 e. The van der Waals surface area contributed by atoms with Crippen LogP contribution in [0, 0.1) is 10.1 Å². The van der Waals surface area contributed by atoms with Crippen LogP contribution < -0.4 is 10.6 Å². The quantitative estimate of drug-likeness (QED) is 0.153. The van der Waals surface area contributed by atoms with Gasteiger partial charge in [-0.2, -0.15) is 0 Å². The minimum Gasteiger partial charge on any atom is -0.478 e. The highest BCUT2D eigenvalue weighted by Crippen LogP contribution is 2.27. The van der Waals surface area contributed by atoms with E-state index in [1.54, 1.807) is 61.5 Å². The third kappa shape index (κ3) is 5.93. The number of carboxylic acids is 1. The van der Waals surface area contributed by atoms with Crippen molar-refractivity contribution in [3.8, 4) is 0 Å². The van der Waals surface area contributed by atoms with Crippen molar-refractivity contribution in [2.75, 3.05) is 10.6 Å². The predicted molar refractivity (Wildman–Crippen MR) is 142 cm³/mol. The van der Waals surface area contributed by atoms with Gasteiger partial charge in [-0.25, -0.2) is 4.79 Å². The van der Waals surface area contributed by atoms with Crippen molar-refractivity contribution in [1.29, 1.82) is 0 Å². The summed E-state index contributed by atoms with van der Waals surface area (Å²) in [6.07, 6.45) is 0. The van der Waals surface area contributed by atoms with Gasteiger partial charge in [-0.1, -0.05) is 24.3 Å². The third-order valence-electron chi connectivity index (χ3n) is 5.52. The van der Waals surface area contributed by atoms with Gasteiger partial charge >= 0.3 is 5.97 Å². The maximum Gasteiger partial charge on any atom is 0.336 e. The molecule has 186 valence electrons. The number of amides is 2. The molecule has 0 heterocycles. The predicted octanol–water partition coefficient (Wildman–Crippen LogP) is 5.82. The molecule has 0 aliphatic carbocycles. The van der Waals surface area contributed by atoms with Crippen LogP contribution in [-0.4, -0.2) is 33.1 Å². The highest BCUT2D eigenvalue weighted by atomic mass is 32.2. The Morgan fingerprint density at radius 1 is 0.838 bits per heavy atom. The number of anilines is 2. The lowest BCUT2D eigenvalue weighted by Crippen LogP contribution is -2.22. The zero-order valence-corrected chi connectivity index (χ0v) is 20.3. The number of aromatic carboxylic acids is 1. The van der Waals surface area contributed by atoms with Gasteiger partial charge in [0.1, 0.15) is 0 Å². The van der Waals surface area contributed by atoms with Crippen LogP contribution in [0.1, 0.15) is 27.6 Å². The van der Waals surface area contributed by atoms with Gasteiger partial charge in [0.2, 0.25) is 5.91 Å². The molecule has 0 aliphatic rings. The molecule has 0 bridgehead atoms. The van der Waals surface area contributed by atoms with Crippen LogP contribution in [0.4, 0.5) is 17.1 Å². The number of hydrogen-bond acceptors (Lipinski definition) is 6. The number of rotatable bonds is 8. The largest absolute Gasteiger partial charge is 0.478 e. The van der Waals surface area contributed by atoms with Gasteiger partial charge in [-0.05, 0) is 60.8 Å². The van der Waals surface area contributed by atoms with Crippen molar-refractivity contribution in [1.82, 2.24) is 0 Å². The summed E-state index contributed by atoms with van der Waals surface area (Å²) >= 11 is 1.31. The van der Waals surface area contributed by atoms with Crippen molar-refractivity contribution in [3.63, 3.8) is 0 Å². The lowest BCUT2D eigenvalue weighted by atomic mass is 9.98. The van der Waals surface area contributed by atoms with Gasteiger partial charge in [0.05, 0.1) is 15.7 Å². The summed E-state index contributed by atoms with van der Waals surface area (Å²) in [6.45, 7) is 1.74. The van der Waals surface area contributed by atoms with Gasteiger partial charge in [-0.3, -0.25) is 19.7 Å². The maximum atomic E-state index is 13.0. The SMILES string of the molecule is CC(Sc1ccc(NC(=O)c2cccc3cccc(C(=O)O)c23)cc1)C(=O)Nc1ccc([N+](=O)[O-])cc1. The van der Waals surface area contributed by atoms with Crippen LogP contribution in [0.25, 0.3) is 10.8 Å². The van der Waals surface area contributed by atoms with E-state index in [2.05, 4.69) is 10.6 Å². The molecule has 9 nitrogen and oxygen atoms in total. The fourth-order valence-electron chi connectivity index (χ4n) is 3.69. The van der Waals surface area contributed by atoms with E-state index >= 15 is 0 Å². The van der Waals surface area contributed by atoms with Crippen LogP contribution in [0.2, 0.25) is 0 Å². The molecule has 0 radical (unpaired) electrons. The van der Waals surface area contributed by atoms with E-state index in [1.807, 2.05) is 0 Å². The minimum atomic E-state index is -1.11. The number of benzene rings is 4. The first kappa shape index (κ1) is 25.4. The standard InChI is InChI=1S/C27H21N3O6S/c1-16(25(31)28-18-8-12-20(13-9-18)30(35)36)37-21-14-10-19(11-15-21)29-26(32)22-6-2-4-17-5-3-7-23(24(17)22)27(33)34/h2-16H,1H3,(H,28,31)(H,29,32)(H,33,34). The summed E-state index contributed by atoms with van der Waals surface area (Å²) in [5.74, 6) is -1.81. The first-order chi connectivity index (χ1) is 17.7. The number of carbonyl (C=O) groups excluding carboxylic acids is 2. The van der Waals surface area contributed by atoms with Crippen molar-refractivity contribution >= 4 is 57.4 Å². The summed E-state index contributed by atoms with van der Waals surface area (Å²) < 4.78 is 0. The van der Waals surface area contributed by atoms with Crippen LogP contribution in [0.5, 0.6) is 0 Å². The van der Waals surface area contributed by atoms with Gasteiger partial charge in [-0.15, -0.1) is 11.8 Å². The van der Waals surface area contributed by atoms with Gasteiger partial charge in [0, 0.05) is 39.4 Å². The lowest BCUT2D eigenvalue weighted by Gasteiger charge is -2.13. The summed E-state index contributed by atoms with van der Waals surface area (Å²) in [6, 6.07) is 22.4. The highest BCUT2D eigenvalue weighted by molar-refractivity contribution is 8.00. The Balaban J connectivity index is 1.41. The average molecular weight is 516 g/mol. The zero-order chi connectivity index (χ0) is 26.5. The number of nitro groups is 1. The number of carbonyl (C=O) groups is 3. The first-order valence-corrected chi connectivity index (χ1v) is 12.0. The zero-order valence-electron chi connectivity index (χ0n) is 19.5. The summed E-state index contributed by atoms with van der Waals surface area (Å²) in [5.41, 5.74) is 1.22. The average Bonchev–Trinajstić information content (AvgIpc) is 2.89. The topological polar surface area (TPSA) is 139 Å². The second-order valence-corrected chi connectivity index (χ2v) is 9.46. The fraction of sp³-hybridized carbons (Fsp3) is 0.0741. The normalized spacial score (nSPS) is 11.5. The Labute approximate surface area is 215 Å². The Hall–Kier alpha value is -4.70. The third-order valence-corrected chi connectivity index (χ3v) is 6.63. The molecule has 2 amide bonds. The van der Waals surface area contributed by atoms with Crippen LogP contribution in [0.3, 0.4) is 0 Å². The first-order valence-electron chi connectivity index (χ1n) is 11.1. The fourth-order valence-corrected chi connectivity index (χ4v) is 4.56. The van der Waals surface area contributed by atoms with E-state index in [0.29, 0.717) is 22.1 Å². The molecule has 1 atom stereocenters. The molecule has 10 heteroatoms. The van der Waals surface area contributed by atoms with Crippen molar-refractivity contribution in [2.24, 2.45) is 0 Å². The van der Waals surface area contributed by atoms with E-state index in [4.69, 9.17) is 0 Å². The van der Waals surface area contributed by atoms with Gasteiger partial charge in [0.15, 0.2) is 0 Å². The molecule has 0 aromatic heterocycles. The molecule has 0 saturated carbocycles. The maximum absolute atomic E-state index is 13.0. The molecule has 0 fully saturated rings. The number of thioether (sulfide) groups is 1. The lowest BCUT2D eigenvalue weighted by molar-refractivity contribution is -0.384. The summed E-state index contributed by atoms with van der Waals surface area (Å²) in [4.78, 5) is 48.2. The number of hydrogen-bond donors (Lipinski definition) is 3. The number of nitro benzene ring substituents is 1. The van der Waals surface area contributed by atoms with E-state index < -0.39 is 22.0 Å². The van der Waals surface area contributed by atoms with Gasteiger partial charge in [0.25, 0.3) is 11.6 Å². The van der Waals surface area contributed by atoms with Crippen molar-refractivity contribution in [3.05, 3.63) is 106 Å². The molecule has 0 aliphatic heterocycles. The van der Waals surface area contributed by atoms with E-state index in [1.165, 1.54) is 42.1 Å². The van der Waals surface area contributed by atoms with E-state index in [0.717, 1.165) is 4.90 Å². The Bertz CT molecular complexity index is 1500. The van der Waals surface area contributed by atoms with Crippen LogP contribution in [0.15, 0.2) is 89.8 Å². The number of nitrogens with one attached hydrogen (secondary N) is 2. The van der Waals surface area contributed by atoms with E-state index in [9.17, 15) is 29.6 Å². The summed E-state index contributed by atoms with van der Waals surface area (Å²) in [7, 11) is 0. The number of non-ortho nitro benzene ring substituents is 1. The molecule has 4 aromatic carbocycles. The number of carboxylic acid groups (broad SMARTS) is 1. The Morgan fingerprint density at radius 2 is 1.41 bits per heavy atom. The van der Waals surface area contributed by atoms with Crippen LogP contribution in [-0.2, 0) is 4.79 Å². The molecular weight excluding hydrogens is 494 g/mol. The molecule has 0 spiro atoms. The van der Waals surface area contributed by atoms with Gasteiger partial charge < -0.3 is 15.7 Å². The van der Waals surface area contributed by atoms with Crippen LogP contribution >= 0.6 is 11.8 Å². The Kier molecular flexibility index (Phi) is 7.49. The monoisotopic (exact) mass is 515 g/mol. The number of nitrogens with zero attached hydrogens (tertiary/aromatic N) is 1. The molecule has 0 saturated heterocycles. The second-order valence-electron chi connectivity index (χ2n) is 8.05. The molecule has 37 heavy (non-hydrogen) atoms. The summed E-state index contributed by atoms with van der Waals surface area (Å²) in [5, 5.41) is 26.4. The Morgan fingerprint density at radius 3 is 2.00 bits per heavy atom. The molecule has 4 rings (SSSR count). The molecular formula is C27H21N3O6S. The van der Waals surface area contributed by atoms with Crippen molar-refractivity contribution in [2.45, 2.75) is 17.1 Å². The van der Waals surface area contributed by atoms with Crippen molar-refractivity contribution < 1.29 is 24.4 Å². The highest BCUT2D eigenvalue weighted by Gasteiger charge is 2.18.